The lowest BCUT2D eigenvalue weighted by atomic mass is 10.2. The first-order chi connectivity index (χ1) is 12.0. The van der Waals surface area contributed by atoms with E-state index < -0.39 is 0 Å². The van der Waals surface area contributed by atoms with Crippen LogP contribution in [0.15, 0.2) is 42.7 Å². The molecular formula is C18H21N5O2. The number of nitrogens with zero attached hydrogens (tertiary/aromatic N) is 4. The molecule has 7 nitrogen and oxygen atoms in total. The van der Waals surface area contributed by atoms with E-state index in [0.29, 0.717) is 5.69 Å². The third-order valence-electron chi connectivity index (χ3n) is 4.01. The van der Waals surface area contributed by atoms with Gasteiger partial charge < -0.3 is 10.1 Å². The lowest BCUT2D eigenvalue weighted by Gasteiger charge is -2.10. The summed E-state index contributed by atoms with van der Waals surface area (Å²) in [4.78, 5) is 12.5. The number of carbonyl (C=O) groups excluding carboxylic acids is 1. The first kappa shape index (κ1) is 16.8. The summed E-state index contributed by atoms with van der Waals surface area (Å²) in [6.07, 6.45) is 3.62. The summed E-state index contributed by atoms with van der Waals surface area (Å²) in [5.41, 5.74) is 3.08. The maximum Gasteiger partial charge on any atom is 0.272 e. The molecule has 0 aliphatic carbocycles. The summed E-state index contributed by atoms with van der Waals surface area (Å²) in [6.45, 7) is 3.83. The average molecular weight is 339 g/mol. The number of hydrogen-bond donors (Lipinski definition) is 1. The Morgan fingerprint density at radius 1 is 1.28 bits per heavy atom. The first-order valence-corrected chi connectivity index (χ1v) is 7.98. The van der Waals surface area contributed by atoms with Gasteiger partial charge in [0.15, 0.2) is 5.69 Å². The van der Waals surface area contributed by atoms with Gasteiger partial charge in [0.2, 0.25) is 0 Å². The minimum atomic E-state index is -0.216. The fourth-order valence-corrected chi connectivity index (χ4v) is 2.59. The Hall–Kier alpha value is -3.09. The molecule has 3 rings (SSSR count). The fourth-order valence-electron chi connectivity index (χ4n) is 2.59. The van der Waals surface area contributed by atoms with Gasteiger partial charge in [-0.15, -0.1) is 0 Å². The molecule has 1 aromatic carbocycles. The zero-order chi connectivity index (χ0) is 18.0. The SMILES string of the molecule is COc1ccc(-n2nc(C(=O)N[C@@H](C)c3cnn(C)c3)cc2C)cc1. The summed E-state index contributed by atoms with van der Waals surface area (Å²) in [5.74, 6) is 0.559. The molecular weight excluding hydrogens is 318 g/mol. The highest BCUT2D eigenvalue weighted by atomic mass is 16.5. The summed E-state index contributed by atoms with van der Waals surface area (Å²) in [7, 11) is 3.47. The number of benzene rings is 1. The maximum atomic E-state index is 12.5. The number of rotatable bonds is 5. The molecule has 1 amide bonds. The van der Waals surface area contributed by atoms with E-state index >= 15 is 0 Å². The summed E-state index contributed by atoms with van der Waals surface area (Å²) >= 11 is 0. The molecule has 7 heteroatoms. The smallest absolute Gasteiger partial charge is 0.272 e. The van der Waals surface area contributed by atoms with Gasteiger partial charge in [-0.1, -0.05) is 0 Å². The highest BCUT2D eigenvalue weighted by Crippen LogP contribution is 2.17. The number of aryl methyl sites for hydroxylation is 2. The molecule has 0 unspecified atom stereocenters. The third-order valence-corrected chi connectivity index (χ3v) is 4.01. The molecule has 3 aromatic rings. The Labute approximate surface area is 146 Å². The summed E-state index contributed by atoms with van der Waals surface area (Å²) in [6, 6.07) is 9.15. The Morgan fingerprint density at radius 2 is 2.00 bits per heavy atom. The molecule has 25 heavy (non-hydrogen) atoms. The monoisotopic (exact) mass is 339 g/mol. The van der Waals surface area contributed by atoms with E-state index in [-0.39, 0.29) is 11.9 Å². The van der Waals surface area contributed by atoms with Gasteiger partial charge in [-0.3, -0.25) is 9.48 Å². The Morgan fingerprint density at radius 3 is 2.60 bits per heavy atom. The van der Waals surface area contributed by atoms with E-state index in [4.69, 9.17) is 4.74 Å². The van der Waals surface area contributed by atoms with Crippen LogP contribution >= 0.6 is 0 Å². The van der Waals surface area contributed by atoms with Crippen LogP contribution in [0.5, 0.6) is 5.75 Å². The van der Waals surface area contributed by atoms with Gasteiger partial charge >= 0.3 is 0 Å². The maximum absolute atomic E-state index is 12.5. The second kappa shape index (κ2) is 6.80. The number of ether oxygens (including phenoxy) is 1. The molecule has 1 atom stereocenters. The molecule has 1 N–H and O–H groups in total. The van der Waals surface area contributed by atoms with Gasteiger partial charge in [-0.05, 0) is 44.2 Å². The summed E-state index contributed by atoms with van der Waals surface area (Å²) in [5, 5.41) is 11.5. The number of hydrogen-bond acceptors (Lipinski definition) is 4. The summed E-state index contributed by atoms with van der Waals surface area (Å²) < 4.78 is 8.61. The molecule has 0 aliphatic heterocycles. The molecule has 2 aromatic heterocycles. The largest absolute Gasteiger partial charge is 0.497 e. The Balaban J connectivity index is 1.77. The lowest BCUT2D eigenvalue weighted by molar-refractivity contribution is 0.0934. The molecule has 0 radical (unpaired) electrons. The highest BCUT2D eigenvalue weighted by Gasteiger charge is 2.17. The molecule has 0 bridgehead atoms. The van der Waals surface area contributed by atoms with Gasteiger partial charge in [0, 0.05) is 24.5 Å². The van der Waals surface area contributed by atoms with Crippen molar-refractivity contribution >= 4 is 5.91 Å². The lowest BCUT2D eigenvalue weighted by Crippen LogP contribution is -2.27. The number of amides is 1. The fraction of sp³-hybridized carbons (Fsp3) is 0.278. The van der Waals surface area contributed by atoms with E-state index in [1.54, 1.807) is 28.7 Å². The van der Waals surface area contributed by atoms with Crippen LogP contribution in [0.3, 0.4) is 0 Å². The predicted octanol–water partition coefficient (Wildman–Crippen LogP) is 2.41. The van der Waals surface area contributed by atoms with Crippen molar-refractivity contribution in [1.82, 2.24) is 24.9 Å². The van der Waals surface area contributed by atoms with Crippen molar-refractivity contribution < 1.29 is 9.53 Å². The van der Waals surface area contributed by atoms with Crippen LogP contribution in [0, 0.1) is 6.92 Å². The second-order valence-electron chi connectivity index (χ2n) is 5.92. The highest BCUT2D eigenvalue weighted by molar-refractivity contribution is 5.92. The molecule has 0 aliphatic rings. The van der Waals surface area contributed by atoms with Crippen molar-refractivity contribution in [3.63, 3.8) is 0 Å². The van der Waals surface area contributed by atoms with Crippen molar-refractivity contribution in [2.75, 3.05) is 7.11 Å². The zero-order valence-corrected chi connectivity index (χ0v) is 14.7. The van der Waals surface area contributed by atoms with E-state index in [1.807, 2.05) is 51.4 Å². The average Bonchev–Trinajstić information content (AvgIpc) is 3.21. The standard InChI is InChI=1S/C18H21N5O2/c1-12-9-17(18(24)20-13(2)14-10-19-22(3)11-14)21-23(12)15-5-7-16(25-4)8-6-15/h5-11,13H,1-4H3,(H,20,24)/t13-/m0/s1. The third kappa shape index (κ3) is 3.55. The van der Waals surface area contributed by atoms with E-state index in [0.717, 1.165) is 22.7 Å². The van der Waals surface area contributed by atoms with Gasteiger partial charge in [0.1, 0.15) is 5.75 Å². The quantitative estimate of drug-likeness (QED) is 0.775. The molecule has 0 saturated carbocycles. The van der Waals surface area contributed by atoms with Crippen LogP contribution in [-0.2, 0) is 7.05 Å². The normalized spacial score (nSPS) is 12.0. The minimum Gasteiger partial charge on any atom is -0.497 e. The first-order valence-electron chi connectivity index (χ1n) is 7.98. The minimum absolute atomic E-state index is 0.146. The predicted molar refractivity (Wildman–Crippen MR) is 93.9 cm³/mol. The molecule has 0 spiro atoms. The molecule has 0 saturated heterocycles. The van der Waals surface area contributed by atoms with Crippen LogP contribution < -0.4 is 10.1 Å². The second-order valence-corrected chi connectivity index (χ2v) is 5.92. The van der Waals surface area contributed by atoms with Crippen LogP contribution in [0.4, 0.5) is 0 Å². The molecule has 2 heterocycles. The van der Waals surface area contributed by atoms with E-state index in [2.05, 4.69) is 15.5 Å². The van der Waals surface area contributed by atoms with Crippen LogP contribution in [-0.4, -0.2) is 32.6 Å². The van der Waals surface area contributed by atoms with E-state index in [1.165, 1.54) is 0 Å². The van der Waals surface area contributed by atoms with Crippen LogP contribution in [0.1, 0.15) is 34.7 Å². The van der Waals surface area contributed by atoms with Gasteiger partial charge in [-0.2, -0.15) is 10.2 Å². The zero-order valence-electron chi connectivity index (χ0n) is 14.7. The number of nitrogens with one attached hydrogen (secondary N) is 1. The Bertz CT molecular complexity index is 879. The number of aromatic nitrogens is 4. The van der Waals surface area contributed by atoms with Crippen molar-refractivity contribution in [1.29, 1.82) is 0 Å². The Kier molecular flexibility index (Phi) is 4.56. The van der Waals surface area contributed by atoms with Gasteiger partial charge in [0.05, 0.1) is 25.0 Å². The molecule has 0 fully saturated rings. The van der Waals surface area contributed by atoms with Crippen LogP contribution in [0.25, 0.3) is 5.69 Å². The number of carbonyl (C=O) groups is 1. The van der Waals surface area contributed by atoms with Crippen molar-refractivity contribution in [3.05, 3.63) is 59.7 Å². The van der Waals surface area contributed by atoms with Gasteiger partial charge in [0.25, 0.3) is 5.91 Å². The number of methoxy groups -OCH3 is 1. The van der Waals surface area contributed by atoms with Crippen molar-refractivity contribution in [2.45, 2.75) is 19.9 Å². The van der Waals surface area contributed by atoms with Gasteiger partial charge in [-0.25, -0.2) is 4.68 Å². The van der Waals surface area contributed by atoms with Crippen LogP contribution in [0.2, 0.25) is 0 Å². The van der Waals surface area contributed by atoms with Crippen molar-refractivity contribution in [3.8, 4) is 11.4 Å². The van der Waals surface area contributed by atoms with Crippen molar-refractivity contribution in [2.24, 2.45) is 7.05 Å². The van der Waals surface area contributed by atoms with E-state index in [9.17, 15) is 4.79 Å². The molecule has 130 valence electrons. The topological polar surface area (TPSA) is 74.0 Å².